The molecule has 1 aliphatic heterocycles. The van der Waals surface area contributed by atoms with Gasteiger partial charge in [0.15, 0.2) is 0 Å². The van der Waals surface area contributed by atoms with Gasteiger partial charge in [0.2, 0.25) is 0 Å². The number of benzene rings is 1. The molecule has 0 N–H and O–H groups in total. The van der Waals surface area contributed by atoms with Gasteiger partial charge in [0.1, 0.15) is 15.8 Å². The highest BCUT2D eigenvalue weighted by molar-refractivity contribution is 8.26. The summed E-state index contributed by atoms with van der Waals surface area (Å²) in [6.45, 7) is 4.19. The predicted octanol–water partition coefficient (Wildman–Crippen LogP) is 4.38. The highest BCUT2D eigenvalue weighted by atomic mass is 32.2. The van der Waals surface area contributed by atoms with Crippen LogP contribution >= 0.6 is 24.0 Å². The third kappa shape index (κ3) is 3.35. The minimum Gasteiger partial charge on any atom is -0.457 e. The molecule has 1 aliphatic rings. The topological polar surface area (TPSA) is 76.6 Å². The van der Waals surface area contributed by atoms with Gasteiger partial charge in [0, 0.05) is 30.3 Å². The van der Waals surface area contributed by atoms with Crippen molar-refractivity contribution >= 4 is 46.0 Å². The molecule has 0 aliphatic carbocycles. The van der Waals surface area contributed by atoms with Crippen LogP contribution in [-0.4, -0.2) is 26.6 Å². The molecule has 0 bridgehead atoms. The van der Waals surface area contributed by atoms with Gasteiger partial charge in [-0.25, -0.2) is 0 Å². The number of nitro benzene ring substituents is 1. The van der Waals surface area contributed by atoms with E-state index in [0.29, 0.717) is 27.3 Å². The lowest BCUT2D eigenvalue weighted by molar-refractivity contribution is -0.384. The van der Waals surface area contributed by atoms with Gasteiger partial charge in [-0.05, 0) is 37.6 Å². The number of nitrogens with zero attached hydrogens (tertiary/aromatic N) is 2. The van der Waals surface area contributed by atoms with Crippen LogP contribution in [0, 0.1) is 17.0 Å². The molecule has 0 radical (unpaired) electrons. The number of carbonyl (C=O) groups is 1. The second-order valence-electron chi connectivity index (χ2n) is 5.38. The maximum atomic E-state index is 12.2. The molecule has 1 aromatic heterocycles. The van der Waals surface area contributed by atoms with Crippen LogP contribution in [0.4, 0.5) is 5.69 Å². The number of non-ortho nitro benzene ring substituents is 1. The Bertz CT molecular complexity index is 917. The second kappa shape index (κ2) is 6.81. The Kier molecular flexibility index (Phi) is 4.73. The fourth-order valence-corrected chi connectivity index (χ4v) is 3.88. The van der Waals surface area contributed by atoms with E-state index in [9.17, 15) is 14.9 Å². The summed E-state index contributed by atoms with van der Waals surface area (Å²) in [5.74, 6) is 0.996. The molecular formula is C17H14N2O4S2. The summed E-state index contributed by atoms with van der Waals surface area (Å²) < 4.78 is 6.33. The fraction of sp³-hybridized carbons (Fsp3) is 0.176. The molecule has 1 amide bonds. The summed E-state index contributed by atoms with van der Waals surface area (Å²) in [7, 11) is 0. The molecule has 1 saturated heterocycles. The quantitative estimate of drug-likeness (QED) is 0.342. The fourth-order valence-electron chi connectivity index (χ4n) is 2.51. The van der Waals surface area contributed by atoms with E-state index < -0.39 is 4.92 Å². The number of hydrogen-bond acceptors (Lipinski definition) is 6. The minimum absolute atomic E-state index is 0.0382. The number of aryl methyl sites for hydroxylation is 1. The maximum absolute atomic E-state index is 12.2. The third-order valence-corrected chi connectivity index (χ3v) is 5.15. The minimum atomic E-state index is -0.430. The van der Waals surface area contributed by atoms with Gasteiger partial charge in [0.05, 0.1) is 9.83 Å². The number of likely N-dealkylation sites (N-methyl/N-ethyl adjacent to an activating group) is 1. The summed E-state index contributed by atoms with van der Waals surface area (Å²) in [5, 5.41) is 10.8. The Balaban J connectivity index is 1.89. The van der Waals surface area contributed by atoms with E-state index in [1.54, 1.807) is 31.2 Å². The van der Waals surface area contributed by atoms with Gasteiger partial charge >= 0.3 is 0 Å². The monoisotopic (exact) mass is 374 g/mol. The Morgan fingerprint density at radius 1 is 1.36 bits per heavy atom. The van der Waals surface area contributed by atoms with E-state index in [4.69, 9.17) is 16.6 Å². The number of carbonyl (C=O) groups excluding carboxylic acids is 1. The van der Waals surface area contributed by atoms with Crippen molar-refractivity contribution in [2.75, 3.05) is 6.54 Å². The first-order valence-electron chi connectivity index (χ1n) is 7.51. The van der Waals surface area contributed by atoms with Gasteiger partial charge in [-0.2, -0.15) is 0 Å². The lowest BCUT2D eigenvalue weighted by Crippen LogP contribution is -2.27. The van der Waals surface area contributed by atoms with Crippen molar-refractivity contribution in [2.45, 2.75) is 13.8 Å². The van der Waals surface area contributed by atoms with Crippen molar-refractivity contribution in [3.63, 3.8) is 0 Å². The van der Waals surface area contributed by atoms with Gasteiger partial charge in [-0.15, -0.1) is 0 Å². The van der Waals surface area contributed by atoms with Crippen molar-refractivity contribution in [1.29, 1.82) is 0 Å². The van der Waals surface area contributed by atoms with Gasteiger partial charge in [0.25, 0.3) is 11.6 Å². The summed E-state index contributed by atoms with van der Waals surface area (Å²) in [4.78, 5) is 24.7. The molecule has 128 valence electrons. The SMILES string of the molecule is CCN1C(=O)/C(=C\c2ccc(-c3ccc([N+](=O)[O-])cc3C)o2)SC1=S. The Morgan fingerprint density at radius 2 is 2.12 bits per heavy atom. The first-order chi connectivity index (χ1) is 11.9. The lowest BCUT2D eigenvalue weighted by atomic mass is 10.1. The molecule has 0 spiro atoms. The first-order valence-corrected chi connectivity index (χ1v) is 8.73. The normalized spacial score (nSPS) is 16.1. The van der Waals surface area contributed by atoms with Crippen LogP contribution in [0.15, 0.2) is 39.7 Å². The van der Waals surface area contributed by atoms with Crippen LogP contribution in [0.5, 0.6) is 0 Å². The van der Waals surface area contributed by atoms with Gasteiger partial charge < -0.3 is 4.42 Å². The summed E-state index contributed by atoms with van der Waals surface area (Å²) in [6.07, 6.45) is 1.67. The van der Waals surface area contributed by atoms with Gasteiger partial charge in [-0.3, -0.25) is 19.8 Å². The Labute approximate surface area is 153 Å². The van der Waals surface area contributed by atoms with Crippen LogP contribution in [0.1, 0.15) is 18.2 Å². The Morgan fingerprint density at radius 3 is 2.72 bits per heavy atom. The zero-order valence-electron chi connectivity index (χ0n) is 13.5. The molecule has 1 aromatic carbocycles. The number of amides is 1. The largest absolute Gasteiger partial charge is 0.457 e. The average molecular weight is 374 g/mol. The number of nitro groups is 1. The molecule has 3 rings (SSSR count). The highest BCUT2D eigenvalue weighted by Crippen LogP contribution is 2.34. The van der Waals surface area contributed by atoms with Crippen LogP contribution in [-0.2, 0) is 4.79 Å². The van der Waals surface area contributed by atoms with E-state index >= 15 is 0 Å². The van der Waals surface area contributed by atoms with E-state index in [1.165, 1.54) is 28.8 Å². The van der Waals surface area contributed by atoms with Crippen LogP contribution < -0.4 is 0 Å². The van der Waals surface area contributed by atoms with E-state index in [-0.39, 0.29) is 11.6 Å². The molecule has 8 heteroatoms. The first kappa shape index (κ1) is 17.4. The van der Waals surface area contributed by atoms with Crippen molar-refractivity contribution in [3.8, 4) is 11.3 Å². The summed E-state index contributed by atoms with van der Waals surface area (Å²) in [6, 6.07) is 8.14. The molecule has 2 aromatic rings. The number of hydrogen-bond donors (Lipinski definition) is 0. The molecule has 1 fully saturated rings. The average Bonchev–Trinajstić information content (AvgIpc) is 3.12. The zero-order chi connectivity index (χ0) is 18.1. The van der Waals surface area contributed by atoms with Crippen molar-refractivity contribution < 1.29 is 14.1 Å². The van der Waals surface area contributed by atoms with E-state index in [1.807, 2.05) is 6.92 Å². The van der Waals surface area contributed by atoms with Crippen molar-refractivity contribution in [3.05, 3.63) is 56.7 Å². The Hall–Kier alpha value is -2.45. The smallest absolute Gasteiger partial charge is 0.269 e. The molecule has 0 saturated carbocycles. The molecule has 25 heavy (non-hydrogen) atoms. The third-order valence-electron chi connectivity index (χ3n) is 3.78. The summed E-state index contributed by atoms with van der Waals surface area (Å²) in [5.41, 5.74) is 1.55. The lowest BCUT2D eigenvalue weighted by Gasteiger charge is -2.09. The number of thioether (sulfide) groups is 1. The standard InChI is InChI=1S/C17H14N2O4S2/c1-3-18-16(20)15(25-17(18)24)9-12-5-7-14(23-12)13-6-4-11(19(21)22)8-10(13)2/h4-9H,3H2,1-2H3/b15-9+. The van der Waals surface area contributed by atoms with Crippen molar-refractivity contribution in [2.24, 2.45) is 0 Å². The zero-order valence-corrected chi connectivity index (χ0v) is 15.1. The summed E-state index contributed by atoms with van der Waals surface area (Å²) >= 11 is 6.43. The second-order valence-corrected chi connectivity index (χ2v) is 7.06. The molecular weight excluding hydrogens is 360 g/mol. The maximum Gasteiger partial charge on any atom is 0.269 e. The molecule has 0 unspecified atom stereocenters. The van der Waals surface area contributed by atoms with Crippen LogP contribution in [0.3, 0.4) is 0 Å². The predicted molar refractivity (Wildman–Crippen MR) is 101 cm³/mol. The van der Waals surface area contributed by atoms with Gasteiger partial charge in [-0.1, -0.05) is 24.0 Å². The molecule has 2 heterocycles. The van der Waals surface area contributed by atoms with Crippen LogP contribution in [0.2, 0.25) is 0 Å². The molecule has 6 nitrogen and oxygen atoms in total. The molecule has 0 atom stereocenters. The van der Waals surface area contributed by atoms with Crippen LogP contribution in [0.25, 0.3) is 17.4 Å². The highest BCUT2D eigenvalue weighted by Gasteiger charge is 2.30. The van der Waals surface area contributed by atoms with Crippen molar-refractivity contribution in [1.82, 2.24) is 4.90 Å². The number of furan rings is 1. The van der Waals surface area contributed by atoms with E-state index in [0.717, 1.165) is 11.1 Å². The van der Waals surface area contributed by atoms with E-state index in [2.05, 4.69) is 0 Å². The number of rotatable bonds is 4. The number of thiocarbonyl (C=S) groups is 1.